The molecule has 0 atom stereocenters. The lowest BCUT2D eigenvalue weighted by Crippen LogP contribution is -2.41. The minimum Gasteiger partial charge on any atom is -0.444 e. The highest BCUT2D eigenvalue weighted by Gasteiger charge is 2.28. The normalized spacial score (nSPS) is 19.0. The number of pyridine rings is 1. The molecule has 0 aliphatic heterocycles. The van der Waals surface area contributed by atoms with Crippen molar-refractivity contribution in [3.63, 3.8) is 0 Å². The van der Waals surface area contributed by atoms with Crippen LogP contribution in [0.5, 0.6) is 0 Å². The first-order valence-corrected chi connectivity index (χ1v) is 11.7. The molecule has 0 radical (unpaired) electrons. The van der Waals surface area contributed by atoms with E-state index in [2.05, 4.69) is 31.2 Å². The second kappa shape index (κ2) is 9.42. The lowest BCUT2D eigenvalue weighted by atomic mass is 9.91. The number of benzene rings is 1. The molecule has 31 heavy (non-hydrogen) atoms. The van der Waals surface area contributed by atoms with Gasteiger partial charge in [-0.1, -0.05) is 29.8 Å². The Labute approximate surface area is 190 Å². The number of carbonyl (C=O) groups is 1. The molecule has 8 heteroatoms. The molecule has 0 bridgehead atoms. The van der Waals surface area contributed by atoms with Gasteiger partial charge in [0.25, 0.3) is 0 Å². The number of hydrogen-bond acceptors (Lipinski definition) is 4. The van der Waals surface area contributed by atoms with E-state index in [0.29, 0.717) is 0 Å². The summed E-state index contributed by atoms with van der Waals surface area (Å²) in [7, 11) is 0. The number of aromatic nitrogens is 3. The van der Waals surface area contributed by atoms with Gasteiger partial charge in [0, 0.05) is 21.9 Å². The molecule has 1 aliphatic carbocycles. The molecular weight excluding hydrogens is 460 g/mol. The van der Waals surface area contributed by atoms with Crippen LogP contribution in [0.3, 0.4) is 0 Å². The summed E-state index contributed by atoms with van der Waals surface area (Å²) in [4.78, 5) is 32.2. The Bertz CT molecular complexity index is 1120. The average Bonchev–Trinajstić information content (AvgIpc) is 3.05. The highest BCUT2D eigenvalue weighted by Crippen LogP contribution is 2.33. The predicted octanol–water partition coefficient (Wildman–Crippen LogP) is 5.67. The first-order valence-electron chi connectivity index (χ1n) is 10.9. The van der Waals surface area contributed by atoms with Crippen LogP contribution in [0.4, 0.5) is 4.79 Å². The van der Waals surface area contributed by atoms with Gasteiger partial charge in [-0.3, -0.25) is 9.55 Å². The van der Waals surface area contributed by atoms with E-state index < -0.39 is 5.60 Å². The molecule has 0 spiro atoms. The van der Waals surface area contributed by atoms with Crippen molar-refractivity contribution in [2.45, 2.75) is 78.0 Å². The van der Waals surface area contributed by atoms with Gasteiger partial charge in [0.1, 0.15) is 5.60 Å². The van der Waals surface area contributed by atoms with Gasteiger partial charge >= 0.3 is 11.8 Å². The molecule has 0 saturated heterocycles. The molecule has 1 aromatic carbocycles. The van der Waals surface area contributed by atoms with Crippen molar-refractivity contribution in [2.75, 3.05) is 0 Å². The number of carbonyl (C=O) groups excluding carboxylic acids is 1. The summed E-state index contributed by atoms with van der Waals surface area (Å²) in [6.07, 6.45) is 4.56. The Hall–Kier alpha value is -2.35. The van der Waals surface area contributed by atoms with Crippen molar-refractivity contribution in [3.8, 4) is 0 Å². The molecule has 168 valence electrons. The molecule has 4 rings (SSSR count). The van der Waals surface area contributed by atoms with Crippen LogP contribution < -0.4 is 11.0 Å². The minimum absolute atomic E-state index is 0.0644. The molecule has 3 aromatic rings. The van der Waals surface area contributed by atoms with E-state index >= 15 is 0 Å². The second-order valence-corrected chi connectivity index (χ2v) is 9.55. The lowest BCUT2D eigenvalue weighted by molar-refractivity contribution is 0.0488. The van der Waals surface area contributed by atoms with Crippen LogP contribution in [0.25, 0.3) is 21.9 Å². The highest BCUT2D eigenvalue weighted by atomic mass is 79.9. The fourth-order valence-electron chi connectivity index (χ4n) is 4.08. The molecular formula is C23H31BrN4O3. The average molecular weight is 491 g/mol. The lowest BCUT2D eigenvalue weighted by Gasteiger charge is -2.30. The van der Waals surface area contributed by atoms with Crippen molar-refractivity contribution in [1.82, 2.24) is 19.9 Å². The number of ether oxygens (including phenoxy) is 1. The zero-order valence-corrected chi connectivity index (χ0v) is 20.4. The summed E-state index contributed by atoms with van der Waals surface area (Å²) >= 11 is 3.52. The van der Waals surface area contributed by atoms with Crippen LogP contribution in [0.2, 0.25) is 0 Å². The fraction of sp³-hybridized carbons (Fsp3) is 0.522. The van der Waals surface area contributed by atoms with Gasteiger partial charge in [-0.05, 0) is 64.7 Å². The molecule has 2 N–H and O–H groups in total. The van der Waals surface area contributed by atoms with E-state index in [4.69, 9.17) is 4.74 Å². The second-order valence-electron chi connectivity index (χ2n) is 8.63. The van der Waals surface area contributed by atoms with Crippen LogP contribution in [0.1, 0.15) is 66.3 Å². The van der Waals surface area contributed by atoms with Crippen molar-refractivity contribution < 1.29 is 9.53 Å². The summed E-state index contributed by atoms with van der Waals surface area (Å²) in [5.41, 5.74) is 1.87. The smallest absolute Gasteiger partial charge is 0.407 e. The van der Waals surface area contributed by atoms with Gasteiger partial charge in [-0.2, -0.15) is 0 Å². The molecule has 2 heterocycles. The summed E-state index contributed by atoms with van der Waals surface area (Å²) in [5, 5.41) is 3.91. The standard InChI is InChI=1S/C21H25BrN4O3.C2H6/c1-21(2,3)29-20(28)24-13-5-7-14(8-6-13)26-18-15-10-12(22)4-9-16(15)23-11-17(18)25-19(26)27;1-2/h4,9-11,13-14H,5-8H2,1-3H3,(H,24,28)(H,25,27);1-2H3. The van der Waals surface area contributed by atoms with Crippen molar-refractivity contribution in [3.05, 3.63) is 39.4 Å². The molecule has 7 nitrogen and oxygen atoms in total. The van der Waals surface area contributed by atoms with Crippen molar-refractivity contribution in [2.24, 2.45) is 0 Å². The van der Waals surface area contributed by atoms with Gasteiger partial charge in [0.15, 0.2) is 0 Å². The van der Waals surface area contributed by atoms with Gasteiger partial charge < -0.3 is 15.0 Å². The van der Waals surface area contributed by atoms with Crippen LogP contribution in [-0.2, 0) is 4.74 Å². The number of hydrogen-bond donors (Lipinski definition) is 2. The SMILES string of the molecule is CC.CC(C)(C)OC(=O)NC1CCC(n2c(=O)[nH]c3cnc4ccc(Br)cc4c32)CC1. The Kier molecular flexibility index (Phi) is 7.09. The third-order valence-electron chi connectivity index (χ3n) is 5.29. The van der Waals surface area contributed by atoms with Crippen LogP contribution in [0.15, 0.2) is 33.7 Å². The van der Waals surface area contributed by atoms with Crippen LogP contribution in [-0.4, -0.2) is 32.3 Å². The van der Waals surface area contributed by atoms with Crippen LogP contribution in [0, 0.1) is 0 Å². The number of fused-ring (bicyclic) bond motifs is 3. The topological polar surface area (TPSA) is 89.0 Å². The summed E-state index contributed by atoms with van der Waals surface area (Å²) in [5.74, 6) is 0. The minimum atomic E-state index is -0.512. The Morgan fingerprint density at radius 2 is 1.90 bits per heavy atom. The maximum Gasteiger partial charge on any atom is 0.407 e. The molecule has 1 fully saturated rings. The maximum absolute atomic E-state index is 12.8. The van der Waals surface area contributed by atoms with Gasteiger partial charge in [-0.15, -0.1) is 0 Å². The Morgan fingerprint density at radius 3 is 2.55 bits per heavy atom. The van der Waals surface area contributed by atoms with Gasteiger partial charge in [0.2, 0.25) is 0 Å². The number of aromatic amines is 1. The number of amides is 1. The number of halogens is 1. The zero-order chi connectivity index (χ0) is 22.8. The van der Waals surface area contributed by atoms with E-state index in [1.54, 1.807) is 6.20 Å². The summed E-state index contributed by atoms with van der Waals surface area (Å²) < 4.78 is 8.17. The monoisotopic (exact) mass is 490 g/mol. The van der Waals surface area contributed by atoms with E-state index in [1.165, 1.54) is 0 Å². The van der Waals surface area contributed by atoms with E-state index in [-0.39, 0.29) is 23.9 Å². The number of nitrogens with one attached hydrogen (secondary N) is 2. The maximum atomic E-state index is 12.8. The van der Waals surface area contributed by atoms with E-state index in [0.717, 1.165) is 52.1 Å². The van der Waals surface area contributed by atoms with Gasteiger partial charge in [-0.25, -0.2) is 9.59 Å². The van der Waals surface area contributed by atoms with E-state index in [1.807, 2.05) is 57.4 Å². The first-order chi connectivity index (χ1) is 14.7. The first kappa shape index (κ1) is 23.3. The molecule has 0 unspecified atom stereocenters. The number of imidazole rings is 1. The third-order valence-corrected chi connectivity index (χ3v) is 5.78. The van der Waals surface area contributed by atoms with Gasteiger partial charge in [0.05, 0.1) is 22.7 Å². The molecule has 1 saturated carbocycles. The Morgan fingerprint density at radius 1 is 1.23 bits per heavy atom. The molecule has 1 aliphatic rings. The highest BCUT2D eigenvalue weighted by molar-refractivity contribution is 9.10. The number of alkyl carbamates (subject to hydrolysis) is 1. The summed E-state index contributed by atoms with van der Waals surface area (Å²) in [6, 6.07) is 6.04. The predicted molar refractivity (Wildman–Crippen MR) is 128 cm³/mol. The van der Waals surface area contributed by atoms with Crippen molar-refractivity contribution in [1.29, 1.82) is 0 Å². The van der Waals surface area contributed by atoms with Crippen LogP contribution >= 0.6 is 15.9 Å². The fourth-order valence-corrected chi connectivity index (χ4v) is 4.44. The van der Waals surface area contributed by atoms with Crippen molar-refractivity contribution >= 4 is 44.0 Å². The largest absolute Gasteiger partial charge is 0.444 e. The summed E-state index contributed by atoms with van der Waals surface area (Å²) in [6.45, 7) is 9.55. The number of rotatable bonds is 2. The number of H-pyrrole nitrogens is 1. The third kappa shape index (κ3) is 5.29. The zero-order valence-electron chi connectivity index (χ0n) is 18.8. The Balaban J connectivity index is 0.00000132. The molecule has 2 aromatic heterocycles. The number of nitrogens with zero attached hydrogens (tertiary/aromatic N) is 2. The quantitative estimate of drug-likeness (QED) is 0.483. The van der Waals surface area contributed by atoms with E-state index in [9.17, 15) is 9.59 Å². The molecule has 1 amide bonds.